The molecular weight excluding hydrogens is 376 g/mol. The number of hydrogen-bond acceptors (Lipinski definition) is 4. The van der Waals surface area contributed by atoms with E-state index in [1.807, 2.05) is 24.3 Å². The molecule has 0 aliphatic heterocycles. The molecule has 0 aliphatic rings. The summed E-state index contributed by atoms with van der Waals surface area (Å²) in [7, 11) is 0. The van der Waals surface area contributed by atoms with Crippen molar-refractivity contribution in [2.24, 2.45) is 0 Å². The summed E-state index contributed by atoms with van der Waals surface area (Å²) in [6.07, 6.45) is 3.60. The van der Waals surface area contributed by atoms with Crippen LogP contribution in [0.5, 0.6) is 11.5 Å². The molecule has 3 rings (SSSR count). The maximum atomic E-state index is 12.1. The minimum Gasteiger partial charge on any atom is -0.508 e. The maximum Gasteiger partial charge on any atom is 0.160 e. The molecule has 3 aromatic rings. The van der Waals surface area contributed by atoms with Crippen molar-refractivity contribution in [3.63, 3.8) is 0 Å². The zero-order valence-corrected chi connectivity index (χ0v) is 16.8. The molecule has 4 heteroatoms. The second-order valence-corrected chi connectivity index (χ2v) is 6.99. The van der Waals surface area contributed by atoms with Crippen molar-refractivity contribution in [3.8, 4) is 11.5 Å². The summed E-state index contributed by atoms with van der Waals surface area (Å²) in [4.78, 5) is 24.2. The largest absolute Gasteiger partial charge is 0.508 e. The fourth-order valence-corrected chi connectivity index (χ4v) is 3.08. The van der Waals surface area contributed by atoms with Gasteiger partial charge in [0, 0.05) is 11.1 Å². The number of benzene rings is 3. The Morgan fingerprint density at radius 3 is 1.13 bits per heavy atom. The lowest BCUT2D eigenvalue weighted by Crippen LogP contribution is -1.96. The van der Waals surface area contributed by atoms with Crippen LogP contribution in [-0.4, -0.2) is 21.8 Å². The molecule has 3 aromatic carbocycles. The fourth-order valence-electron chi connectivity index (χ4n) is 3.08. The van der Waals surface area contributed by atoms with Crippen LogP contribution >= 0.6 is 0 Å². The molecule has 0 bridgehead atoms. The molecule has 4 nitrogen and oxygen atoms in total. The van der Waals surface area contributed by atoms with Crippen LogP contribution in [0.1, 0.15) is 36.1 Å². The Kier molecular flexibility index (Phi) is 6.28. The van der Waals surface area contributed by atoms with Crippen LogP contribution < -0.4 is 0 Å². The number of Topliss-reactive ketones (excluding diaryl/α,β-unsaturated/α-hetero) is 2. The summed E-state index contributed by atoms with van der Waals surface area (Å²) in [5.74, 6) is 0.145. The van der Waals surface area contributed by atoms with Crippen LogP contribution in [0.15, 0.2) is 72.8 Å². The number of hydrogen-bond donors (Lipinski definition) is 2. The van der Waals surface area contributed by atoms with Gasteiger partial charge in [-0.05, 0) is 72.5 Å². The summed E-state index contributed by atoms with van der Waals surface area (Å²) < 4.78 is 0. The third-order valence-corrected chi connectivity index (χ3v) is 4.67. The Hall–Kier alpha value is -3.92. The van der Waals surface area contributed by atoms with Crippen LogP contribution in [0.3, 0.4) is 0 Å². The lowest BCUT2D eigenvalue weighted by molar-refractivity contribution is -0.112. The third kappa shape index (κ3) is 5.11. The zero-order valence-electron chi connectivity index (χ0n) is 16.8. The zero-order chi connectivity index (χ0) is 21.7. The van der Waals surface area contributed by atoms with Gasteiger partial charge >= 0.3 is 0 Å². The average Bonchev–Trinajstić information content (AvgIpc) is 2.72. The molecule has 0 saturated carbocycles. The molecule has 0 aromatic heterocycles. The molecule has 30 heavy (non-hydrogen) atoms. The predicted molar refractivity (Wildman–Crippen MR) is 120 cm³/mol. The Morgan fingerprint density at radius 2 is 0.867 bits per heavy atom. The SMILES string of the molecule is CC(=O)C(=Cc1ccc(C=C(C(C)=O)c2ccc(O)cc2)cc1)c1ccc(O)cc1. The highest BCUT2D eigenvalue weighted by atomic mass is 16.3. The number of phenolic OH excluding ortho intramolecular Hbond substituents is 2. The molecule has 0 fully saturated rings. The van der Waals surface area contributed by atoms with E-state index in [2.05, 4.69) is 0 Å². The summed E-state index contributed by atoms with van der Waals surface area (Å²) in [5.41, 5.74) is 4.25. The number of carbonyl (C=O) groups excluding carboxylic acids is 2. The predicted octanol–water partition coefficient (Wildman–Crippen LogP) is 5.36. The van der Waals surface area contributed by atoms with Crippen molar-refractivity contribution < 1.29 is 19.8 Å². The van der Waals surface area contributed by atoms with Gasteiger partial charge in [0.25, 0.3) is 0 Å². The first kappa shape index (κ1) is 20.8. The molecule has 0 radical (unpaired) electrons. The van der Waals surface area contributed by atoms with Crippen molar-refractivity contribution in [1.29, 1.82) is 0 Å². The van der Waals surface area contributed by atoms with Gasteiger partial charge in [-0.25, -0.2) is 0 Å². The number of rotatable bonds is 6. The molecule has 0 heterocycles. The monoisotopic (exact) mass is 398 g/mol. The Morgan fingerprint density at radius 1 is 0.567 bits per heavy atom. The third-order valence-electron chi connectivity index (χ3n) is 4.67. The van der Waals surface area contributed by atoms with Crippen LogP contribution in [0.25, 0.3) is 23.3 Å². The summed E-state index contributed by atoms with van der Waals surface area (Å²) >= 11 is 0. The molecule has 0 amide bonds. The van der Waals surface area contributed by atoms with Gasteiger partial charge in [0.05, 0.1) is 0 Å². The summed E-state index contributed by atoms with van der Waals surface area (Å²) in [6, 6.07) is 20.5. The minimum absolute atomic E-state index is 0.0733. The maximum absolute atomic E-state index is 12.1. The first-order valence-electron chi connectivity index (χ1n) is 9.47. The molecule has 0 unspecified atom stereocenters. The van der Waals surface area contributed by atoms with E-state index in [0.717, 1.165) is 22.3 Å². The van der Waals surface area contributed by atoms with Crippen molar-refractivity contribution in [3.05, 3.63) is 95.1 Å². The van der Waals surface area contributed by atoms with Crippen molar-refractivity contribution in [1.82, 2.24) is 0 Å². The van der Waals surface area contributed by atoms with Gasteiger partial charge in [-0.2, -0.15) is 0 Å². The summed E-state index contributed by atoms with van der Waals surface area (Å²) in [6.45, 7) is 3.01. The first-order valence-corrected chi connectivity index (χ1v) is 9.47. The summed E-state index contributed by atoms with van der Waals surface area (Å²) in [5, 5.41) is 18.9. The topological polar surface area (TPSA) is 74.6 Å². The average molecular weight is 398 g/mol. The van der Waals surface area contributed by atoms with Gasteiger partial charge in [-0.1, -0.05) is 48.5 Å². The van der Waals surface area contributed by atoms with Crippen LogP contribution in [0, 0.1) is 0 Å². The van der Waals surface area contributed by atoms with Crippen molar-refractivity contribution in [2.75, 3.05) is 0 Å². The highest BCUT2D eigenvalue weighted by molar-refractivity contribution is 6.25. The minimum atomic E-state index is -0.0733. The quantitative estimate of drug-likeness (QED) is 0.433. The van der Waals surface area contributed by atoms with E-state index in [1.54, 1.807) is 60.7 Å². The molecule has 0 atom stereocenters. The molecule has 0 spiro atoms. The molecular formula is C26H22O4. The highest BCUT2D eigenvalue weighted by Gasteiger charge is 2.09. The Balaban J connectivity index is 1.92. The lowest BCUT2D eigenvalue weighted by Gasteiger charge is -2.07. The van der Waals surface area contributed by atoms with Gasteiger partial charge in [-0.3, -0.25) is 9.59 Å². The first-order chi connectivity index (χ1) is 14.3. The number of allylic oxidation sites excluding steroid dienone is 2. The van der Waals surface area contributed by atoms with Gasteiger partial charge < -0.3 is 10.2 Å². The number of carbonyl (C=O) groups is 2. The van der Waals surface area contributed by atoms with Crippen LogP contribution in [0.4, 0.5) is 0 Å². The number of phenols is 2. The van der Waals surface area contributed by atoms with Gasteiger partial charge in [0.2, 0.25) is 0 Å². The van der Waals surface area contributed by atoms with Gasteiger partial charge in [0.1, 0.15) is 11.5 Å². The van der Waals surface area contributed by atoms with E-state index in [4.69, 9.17) is 0 Å². The lowest BCUT2D eigenvalue weighted by atomic mass is 9.97. The van der Waals surface area contributed by atoms with Gasteiger partial charge in [0.15, 0.2) is 11.6 Å². The molecule has 150 valence electrons. The normalized spacial score (nSPS) is 11.9. The standard InChI is InChI=1S/C26H22O4/c1-17(27)25(21-7-11-23(29)12-8-21)15-19-3-5-20(6-4-19)16-26(18(2)28)22-9-13-24(30)14-10-22/h3-16,29-30H,1-2H3. The van der Waals surface area contributed by atoms with E-state index in [9.17, 15) is 19.8 Å². The molecule has 0 saturated heterocycles. The van der Waals surface area contributed by atoms with Gasteiger partial charge in [-0.15, -0.1) is 0 Å². The van der Waals surface area contributed by atoms with E-state index in [1.165, 1.54) is 13.8 Å². The highest BCUT2D eigenvalue weighted by Crippen LogP contribution is 2.24. The fraction of sp³-hybridized carbons (Fsp3) is 0.0769. The van der Waals surface area contributed by atoms with E-state index >= 15 is 0 Å². The second-order valence-electron chi connectivity index (χ2n) is 6.99. The number of aromatic hydroxyl groups is 2. The van der Waals surface area contributed by atoms with Crippen LogP contribution in [0.2, 0.25) is 0 Å². The van der Waals surface area contributed by atoms with Crippen molar-refractivity contribution >= 4 is 34.9 Å². The van der Waals surface area contributed by atoms with E-state index < -0.39 is 0 Å². The second kappa shape index (κ2) is 9.05. The Bertz CT molecular complexity index is 1020. The van der Waals surface area contributed by atoms with E-state index in [-0.39, 0.29) is 23.1 Å². The van der Waals surface area contributed by atoms with Crippen LogP contribution in [-0.2, 0) is 9.59 Å². The molecule has 2 N–H and O–H groups in total. The van der Waals surface area contributed by atoms with E-state index in [0.29, 0.717) is 11.1 Å². The Labute approximate surface area is 175 Å². The number of ketones is 2. The molecule has 0 aliphatic carbocycles. The smallest absolute Gasteiger partial charge is 0.160 e. The van der Waals surface area contributed by atoms with Crippen molar-refractivity contribution in [2.45, 2.75) is 13.8 Å².